The second kappa shape index (κ2) is 7.44. The number of hydrogen-bond acceptors (Lipinski definition) is 5. The third kappa shape index (κ3) is 3.73. The number of para-hydroxylation sites is 1. The van der Waals surface area contributed by atoms with Crippen LogP contribution in [0.2, 0.25) is 0 Å². The molecule has 2 atom stereocenters. The van der Waals surface area contributed by atoms with Crippen molar-refractivity contribution in [3.8, 4) is 5.75 Å². The number of aromatic nitrogens is 3. The molecule has 128 valence electrons. The summed E-state index contributed by atoms with van der Waals surface area (Å²) >= 11 is 0. The van der Waals surface area contributed by atoms with Crippen LogP contribution in [0.3, 0.4) is 0 Å². The molecule has 0 bridgehead atoms. The van der Waals surface area contributed by atoms with Crippen LogP contribution in [0.15, 0.2) is 36.5 Å². The van der Waals surface area contributed by atoms with Crippen molar-refractivity contribution in [1.82, 2.24) is 19.9 Å². The Bertz CT molecular complexity index is 673. The SMILES string of the molecule is COCc1cn([C@@H]2CCN(C(=O)[C@H](C)Oc3ccccc3)C2)nn1. The summed E-state index contributed by atoms with van der Waals surface area (Å²) in [5.41, 5.74) is 0.794. The van der Waals surface area contributed by atoms with Gasteiger partial charge in [0.25, 0.3) is 5.91 Å². The Morgan fingerprint density at radius 1 is 1.38 bits per heavy atom. The molecule has 2 heterocycles. The molecule has 1 amide bonds. The minimum absolute atomic E-state index is 0.00131. The fourth-order valence-corrected chi connectivity index (χ4v) is 2.87. The maximum Gasteiger partial charge on any atom is 0.263 e. The van der Waals surface area contributed by atoms with E-state index in [1.165, 1.54) is 0 Å². The molecular weight excluding hydrogens is 308 g/mol. The van der Waals surface area contributed by atoms with E-state index in [9.17, 15) is 4.79 Å². The molecule has 1 aromatic carbocycles. The first-order chi connectivity index (χ1) is 11.7. The van der Waals surface area contributed by atoms with Crippen molar-refractivity contribution in [3.05, 3.63) is 42.2 Å². The minimum atomic E-state index is -0.508. The van der Waals surface area contributed by atoms with Gasteiger partial charge in [-0.15, -0.1) is 5.10 Å². The van der Waals surface area contributed by atoms with Crippen molar-refractivity contribution in [2.24, 2.45) is 0 Å². The average molecular weight is 330 g/mol. The highest BCUT2D eigenvalue weighted by Gasteiger charge is 2.31. The Balaban J connectivity index is 1.57. The first-order valence-corrected chi connectivity index (χ1v) is 8.07. The number of amides is 1. The lowest BCUT2D eigenvalue weighted by atomic mass is 10.3. The molecule has 1 fully saturated rings. The summed E-state index contributed by atoms with van der Waals surface area (Å²) in [4.78, 5) is 14.4. The van der Waals surface area contributed by atoms with Gasteiger partial charge in [0.2, 0.25) is 0 Å². The highest BCUT2D eigenvalue weighted by atomic mass is 16.5. The lowest BCUT2D eigenvalue weighted by Gasteiger charge is -2.21. The number of benzene rings is 1. The summed E-state index contributed by atoms with van der Waals surface area (Å²) in [6, 6.07) is 9.55. The number of hydrogen-bond donors (Lipinski definition) is 0. The third-order valence-corrected chi connectivity index (χ3v) is 4.10. The molecule has 0 aliphatic carbocycles. The number of ether oxygens (including phenoxy) is 2. The van der Waals surface area contributed by atoms with Gasteiger partial charge in [-0.05, 0) is 25.5 Å². The summed E-state index contributed by atoms with van der Waals surface area (Å²) in [5, 5.41) is 8.21. The van der Waals surface area contributed by atoms with Gasteiger partial charge < -0.3 is 14.4 Å². The van der Waals surface area contributed by atoms with Gasteiger partial charge in [0.15, 0.2) is 6.10 Å². The van der Waals surface area contributed by atoms with Gasteiger partial charge in [-0.1, -0.05) is 23.4 Å². The van der Waals surface area contributed by atoms with E-state index in [4.69, 9.17) is 9.47 Å². The van der Waals surface area contributed by atoms with Crippen LogP contribution in [0.1, 0.15) is 25.1 Å². The molecule has 24 heavy (non-hydrogen) atoms. The van der Waals surface area contributed by atoms with E-state index in [0.717, 1.165) is 12.1 Å². The Kier molecular flexibility index (Phi) is 5.10. The predicted octanol–water partition coefficient (Wildman–Crippen LogP) is 1.67. The van der Waals surface area contributed by atoms with Gasteiger partial charge in [0, 0.05) is 20.2 Å². The van der Waals surface area contributed by atoms with Crippen molar-refractivity contribution >= 4 is 5.91 Å². The summed E-state index contributed by atoms with van der Waals surface area (Å²) in [5.74, 6) is 0.702. The number of carbonyl (C=O) groups excluding carboxylic acids is 1. The molecule has 1 aliphatic heterocycles. The highest BCUT2D eigenvalue weighted by molar-refractivity contribution is 5.81. The Morgan fingerprint density at radius 2 is 2.17 bits per heavy atom. The van der Waals surface area contributed by atoms with Gasteiger partial charge in [-0.25, -0.2) is 4.68 Å². The highest BCUT2D eigenvalue weighted by Crippen LogP contribution is 2.22. The number of nitrogens with zero attached hydrogens (tertiary/aromatic N) is 4. The van der Waals surface area contributed by atoms with Crippen molar-refractivity contribution in [2.45, 2.75) is 32.1 Å². The van der Waals surface area contributed by atoms with Crippen LogP contribution in [-0.2, 0) is 16.1 Å². The lowest BCUT2D eigenvalue weighted by Crippen LogP contribution is -2.39. The fraction of sp³-hybridized carbons (Fsp3) is 0.471. The van der Waals surface area contributed by atoms with E-state index in [-0.39, 0.29) is 11.9 Å². The standard InChI is InChI=1S/C17H22N4O3/c1-13(24-16-6-4-3-5-7-16)17(22)20-9-8-15(11-20)21-10-14(12-23-2)18-19-21/h3-7,10,13,15H,8-9,11-12H2,1-2H3/t13-,15+/m0/s1. The quantitative estimate of drug-likeness (QED) is 0.806. The normalized spacial score (nSPS) is 18.6. The van der Waals surface area contributed by atoms with Gasteiger partial charge in [-0.3, -0.25) is 4.79 Å². The summed E-state index contributed by atoms with van der Waals surface area (Å²) < 4.78 is 12.6. The van der Waals surface area contributed by atoms with Crippen molar-refractivity contribution in [1.29, 1.82) is 0 Å². The van der Waals surface area contributed by atoms with Crippen LogP contribution < -0.4 is 4.74 Å². The second-order valence-corrected chi connectivity index (χ2v) is 5.92. The molecule has 2 aromatic rings. The molecule has 0 saturated carbocycles. The van der Waals surface area contributed by atoms with Gasteiger partial charge >= 0.3 is 0 Å². The Labute approximate surface area is 141 Å². The topological polar surface area (TPSA) is 69.5 Å². The first kappa shape index (κ1) is 16.4. The molecule has 1 aliphatic rings. The van der Waals surface area contributed by atoms with Gasteiger partial charge in [0.05, 0.1) is 18.8 Å². The monoisotopic (exact) mass is 330 g/mol. The molecule has 1 saturated heterocycles. The summed E-state index contributed by atoms with van der Waals surface area (Å²) in [6.07, 6.45) is 2.23. The van der Waals surface area contributed by atoms with Crippen LogP contribution in [0, 0.1) is 0 Å². The van der Waals surface area contributed by atoms with E-state index in [2.05, 4.69) is 10.3 Å². The number of carbonyl (C=O) groups is 1. The molecule has 7 nitrogen and oxygen atoms in total. The summed E-state index contributed by atoms with van der Waals surface area (Å²) in [6.45, 7) is 3.55. The minimum Gasteiger partial charge on any atom is -0.481 e. The van der Waals surface area contributed by atoms with Crippen LogP contribution in [0.5, 0.6) is 5.75 Å². The van der Waals surface area contributed by atoms with Crippen molar-refractivity contribution in [3.63, 3.8) is 0 Å². The maximum atomic E-state index is 12.6. The summed E-state index contributed by atoms with van der Waals surface area (Å²) in [7, 11) is 1.63. The zero-order valence-corrected chi connectivity index (χ0v) is 14.0. The third-order valence-electron chi connectivity index (χ3n) is 4.10. The molecule has 1 aromatic heterocycles. The fourth-order valence-electron chi connectivity index (χ4n) is 2.87. The van der Waals surface area contributed by atoms with Gasteiger partial charge in [-0.2, -0.15) is 0 Å². The molecule has 0 spiro atoms. The molecule has 0 radical (unpaired) electrons. The maximum absolute atomic E-state index is 12.6. The number of rotatable bonds is 6. The second-order valence-electron chi connectivity index (χ2n) is 5.92. The first-order valence-electron chi connectivity index (χ1n) is 8.07. The zero-order chi connectivity index (χ0) is 16.9. The molecule has 7 heteroatoms. The van der Waals surface area contributed by atoms with Crippen molar-refractivity contribution < 1.29 is 14.3 Å². The van der Waals surface area contributed by atoms with Crippen LogP contribution >= 0.6 is 0 Å². The average Bonchev–Trinajstić information content (AvgIpc) is 3.24. The van der Waals surface area contributed by atoms with E-state index in [1.54, 1.807) is 14.0 Å². The van der Waals surface area contributed by atoms with E-state index >= 15 is 0 Å². The van der Waals surface area contributed by atoms with Crippen LogP contribution in [0.25, 0.3) is 0 Å². The Hall–Kier alpha value is -2.41. The number of methoxy groups -OCH3 is 1. The van der Waals surface area contributed by atoms with E-state index < -0.39 is 6.10 Å². The van der Waals surface area contributed by atoms with Crippen LogP contribution in [-0.4, -0.2) is 52.1 Å². The predicted molar refractivity (Wildman–Crippen MR) is 87.5 cm³/mol. The Morgan fingerprint density at radius 3 is 2.92 bits per heavy atom. The van der Waals surface area contributed by atoms with E-state index in [1.807, 2.05) is 46.1 Å². The van der Waals surface area contributed by atoms with Crippen LogP contribution in [0.4, 0.5) is 0 Å². The molecular formula is C17H22N4O3. The largest absolute Gasteiger partial charge is 0.481 e. The number of likely N-dealkylation sites (tertiary alicyclic amines) is 1. The van der Waals surface area contributed by atoms with Gasteiger partial charge in [0.1, 0.15) is 11.4 Å². The van der Waals surface area contributed by atoms with E-state index in [0.29, 0.717) is 25.4 Å². The lowest BCUT2D eigenvalue weighted by molar-refractivity contribution is -0.136. The smallest absolute Gasteiger partial charge is 0.263 e. The zero-order valence-electron chi connectivity index (χ0n) is 14.0. The van der Waals surface area contributed by atoms with Crippen molar-refractivity contribution in [2.75, 3.05) is 20.2 Å². The molecule has 3 rings (SSSR count). The molecule has 0 unspecified atom stereocenters. The molecule has 0 N–H and O–H groups in total.